The van der Waals surface area contributed by atoms with Crippen molar-refractivity contribution in [3.8, 4) is 5.75 Å². The van der Waals surface area contributed by atoms with E-state index in [1.165, 1.54) is 0 Å². The van der Waals surface area contributed by atoms with Crippen molar-refractivity contribution in [1.29, 1.82) is 0 Å². The molecule has 2 aromatic rings. The van der Waals surface area contributed by atoms with Crippen LogP contribution in [0.25, 0.3) is 0 Å². The van der Waals surface area contributed by atoms with Gasteiger partial charge in [-0.05, 0) is 19.1 Å². The van der Waals surface area contributed by atoms with Gasteiger partial charge in [-0.3, -0.25) is 0 Å². The molecular formula is C13H14ClN3O3. The zero-order valence-corrected chi connectivity index (χ0v) is 11.7. The number of aryl methyl sites for hydroxylation is 1. The summed E-state index contributed by atoms with van der Waals surface area (Å²) >= 11 is 5.97. The lowest BCUT2D eigenvalue weighted by Crippen LogP contribution is -2.08. The summed E-state index contributed by atoms with van der Waals surface area (Å²) in [5, 5.41) is 16.9. The molecule has 6 nitrogen and oxygen atoms in total. The molecule has 0 radical (unpaired) electrons. The molecule has 1 aromatic heterocycles. The third-order valence-electron chi connectivity index (χ3n) is 2.79. The Morgan fingerprint density at radius 3 is 2.85 bits per heavy atom. The molecule has 20 heavy (non-hydrogen) atoms. The highest BCUT2D eigenvalue weighted by Crippen LogP contribution is 2.23. The van der Waals surface area contributed by atoms with Crippen LogP contribution in [0, 0.1) is 6.92 Å². The predicted octanol–water partition coefficient (Wildman–Crippen LogP) is 2.41. The van der Waals surface area contributed by atoms with Gasteiger partial charge in [0.25, 0.3) is 0 Å². The summed E-state index contributed by atoms with van der Waals surface area (Å²) in [5.74, 6) is -0.434. The molecule has 0 bridgehead atoms. The quantitative estimate of drug-likeness (QED) is 0.828. The third kappa shape index (κ3) is 3.27. The minimum absolute atomic E-state index is 0.0166. The molecule has 0 saturated heterocycles. The van der Waals surface area contributed by atoms with Gasteiger partial charge >= 0.3 is 5.97 Å². The smallest absolute Gasteiger partial charge is 0.358 e. The van der Waals surface area contributed by atoms with E-state index in [1.54, 1.807) is 23.7 Å². The SMILES string of the molecule is Cc1c(C(=O)O)nnn1CCCOc1ccccc1Cl. The van der Waals surface area contributed by atoms with Crippen LogP contribution in [0.15, 0.2) is 24.3 Å². The number of nitrogens with zero attached hydrogens (tertiary/aromatic N) is 3. The fourth-order valence-corrected chi connectivity index (χ4v) is 1.92. The molecule has 0 spiro atoms. The minimum Gasteiger partial charge on any atom is -0.492 e. The molecule has 0 aliphatic rings. The van der Waals surface area contributed by atoms with E-state index in [4.69, 9.17) is 21.4 Å². The molecule has 0 amide bonds. The Kier molecular flexibility index (Phi) is 4.57. The normalized spacial score (nSPS) is 10.5. The number of aromatic carboxylic acids is 1. The maximum atomic E-state index is 10.8. The highest BCUT2D eigenvalue weighted by Gasteiger charge is 2.14. The molecule has 0 fully saturated rings. The zero-order valence-electron chi connectivity index (χ0n) is 10.9. The van der Waals surface area contributed by atoms with Crippen LogP contribution in [0.4, 0.5) is 0 Å². The van der Waals surface area contributed by atoms with Crippen molar-refractivity contribution < 1.29 is 14.6 Å². The van der Waals surface area contributed by atoms with Gasteiger partial charge in [0, 0.05) is 13.0 Å². The summed E-state index contributed by atoms with van der Waals surface area (Å²) < 4.78 is 7.10. The van der Waals surface area contributed by atoms with E-state index in [2.05, 4.69) is 10.3 Å². The van der Waals surface area contributed by atoms with Crippen molar-refractivity contribution in [3.63, 3.8) is 0 Å². The van der Waals surface area contributed by atoms with Gasteiger partial charge in [-0.15, -0.1) is 5.10 Å². The molecule has 0 saturated carbocycles. The van der Waals surface area contributed by atoms with Gasteiger partial charge in [0.15, 0.2) is 5.69 Å². The summed E-state index contributed by atoms with van der Waals surface area (Å²) in [6.07, 6.45) is 0.675. The van der Waals surface area contributed by atoms with Crippen molar-refractivity contribution >= 4 is 17.6 Å². The summed E-state index contributed by atoms with van der Waals surface area (Å²) in [4.78, 5) is 10.8. The molecule has 1 heterocycles. The van der Waals surface area contributed by atoms with Gasteiger partial charge in [-0.1, -0.05) is 28.9 Å². The van der Waals surface area contributed by atoms with Crippen molar-refractivity contribution in [2.24, 2.45) is 0 Å². The van der Waals surface area contributed by atoms with Crippen molar-refractivity contribution in [2.45, 2.75) is 19.9 Å². The fraction of sp³-hybridized carbons (Fsp3) is 0.308. The van der Waals surface area contributed by atoms with Crippen LogP contribution < -0.4 is 4.74 Å². The largest absolute Gasteiger partial charge is 0.492 e. The number of hydrogen-bond donors (Lipinski definition) is 1. The van der Waals surface area contributed by atoms with Gasteiger partial charge in [-0.25, -0.2) is 9.48 Å². The first kappa shape index (κ1) is 14.3. The Morgan fingerprint density at radius 1 is 1.45 bits per heavy atom. The Hall–Kier alpha value is -2.08. The molecule has 1 aromatic carbocycles. The topological polar surface area (TPSA) is 77.2 Å². The second-order valence-corrected chi connectivity index (χ2v) is 4.59. The second-order valence-electron chi connectivity index (χ2n) is 4.18. The average molecular weight is 296 g/mol. The highest BCUT2D eigenvalue weighted by atomic mass is 35.5. The van der Waals surface area contributed by atoms with Crippen LogP contribution in [-0.2, 0) is 6.54 Å². The first-order valence-corrected chi connectivity index (χ1v) is 6.48. The molecule has 1 N–H and O–H groups in total. The van der Waals surface area contributed by atoms with Gasteiger partial charge in [-0.2, -0.15) is 0 Å². The predicted molar refractivity (Wildman–Crippen MR) is 73.3 cm³/mol. The molecule has 0 aliphatic heterocycles. The number of halogens is 1. The van der Waals surface area contributed by atoms with E-state index in [0.29, 0.717) is 36.0 Å². The monoisotopic (exact) mass is 295 g/mol. The highest BCUT2D eigenvalue weighted by molar-refractivity contribution is 6.32. The molecule has 0 unspecified atom stereocenters. The Morgan fingerprint density at radius 2 is 2.20 bits per heavy atom. The second kappa shape index (κ2) is 6.38. The van der Waals surface area contributed by atoms with Crippen LogP contribution in [-0.4, -0.2) is 32.7 Å². The number of hydrogen-bond acceptors (Lipinski definition) is 4. The molecule has 7 heteroatoms. The lowest BCUT2D eigenvalue weighted by atomic mass is 10.3. The average Bonchev–Trinajstić information content (AvgIpc) is 2.78. The molecule has 106 valence electrons. The Bertz CT molecular complexity index is 613. The minimum atomic E-state index is -1.07. The van der Waals surface area contributed by atoms with E-state index in [-0.39, 0.29) is 5.69 Å². The van der Waals surface area contributed by atoms with E-state index < -0.39 is 5.97 Å². The Balaban J connectivity index is 1.85. The fourth-order valence-electron chi connectivity index (χ4n) is 1.73. The lowest BCUT2D eigenvalue weighted by molar-refractivity contribution is 0.0689. The van der Waals surface area contributed by atoms with E-state index in [0.717, 1.165) is 0 Å². The van der Waals surface area contributed by atoms with Crippen LogP contribution >= 0.6 is 11.6 Å². The van der Waals surface area contributed by atoms with Crippen molar-refractivity contribution in [1.82, 2.24) is 15.0 Å². The molecular weight excluding hydrogens is 282 g/mol. The van der Waals surface area contributed by atoms with E-state index in [1.807, 2.05) is 12.1 Å². The van der Waals surface area contributed by atoms with Gasteiger partial charge in [0.1, 0.15) is 5.75 Å². The van der Waals surface area contributed by atoms with Crippen molar-refractivity contribution in [3.05, 3.63) is 40.7 Å². The number of benzene rings is 1. The van der Waals surface area contributed by atoms with E-state index >= 15 is 0 Å². The summed E-state index contributed by atoms with van der Waals surface area (Å²) in [5.41, 5.74) is 0.521. The summed E-state index contributed by atoms with van der Waals surface area (Å²) in [7, 11) is 0. The van der Waals surface area contributed by atoms with Gasteiger partial charge < -0.3 is 9.84 Å². The zero-order chi connectivity index (χ0) is 14.5. The third-order valence-corrected chi connectivity index (χ3v) is 3.11. The van der Waals surface area contributed by atoms with Crippen LogP contribution in [0.1, 0.15) is 22.6 Å². The van der Waals surface area contributed by atoms with Gasteiger partial charge in [0.2, 0.25) is 0 Å². The first-order valence-electron chi connectivity index (χ1n) is 6.10. The molecule has 0 atom stereocenters. The molecule has 2 rings (SSSR count). The number of aromatic nitrogens is 3. The van der Waals surface area contributed by atoms with Crippen molar-refractivity contribution in [2.75, 3.05) is 6.61 Å². The number of carboxylic acids is 1. The van der Waals surface area contributed by atoms with Crippen LogP contribution in [0.2, 0.25) is 5.02 Å². The van der Waals surface area contributed by atoms with Gasteiger partial charge in [0.05, 0.1) is 17.3 Å². The number of ether oxygens (including phenoxy) is 1. The number of para-hydroxylation sites is 1. The maximum absolute atomic E-state index is 10.8. The maximum Gasteiger partial charge on any atom is 0.358 e. The number of carboxylic acid groups (broad SMARTS) is 1. The Labute approximate surface area is 120 Å². The number of carbonyl (C=O) groups is 1. The summed E-state index contributed by atoms with van der Waals surface area (Å²) in [6.45, 7) is 2.68. The summed E-state index contributed by atoms with van der Waals surface area (Å²) in [6, 6.07) is 7.24. The first-order chi connectivity index (χ1) is 9.59. The molecule has 0 aliphatic carbocycles. The standard InChI is InChI=1S/C13H14ClN3O3/c1-9-12(13(18)19)15-16-17(9)7-4-8-20-11-6-3-2-5-10(11)14/h2-3,5-6H,4,7-8H2,1H3,(H,18,19). The number of rotatable bonds is 6. The van der Waals surface area contributed by atoms with Crippen LogP contribution in [0.3, 0.4) is 0 Å². The van der Waals surface area contributed by atoms with E-state index in [9.17, 15) is 4.79 Å². The van der Waals surface area contributed by atoms with Crippen LogP contribution in [0.5, 0.6) is 5.75 Å². The lowest BCUT2D eigenvalue weighted by Gasteiger charge is -2.08.